The summed E-state index contributed by atoms with van der Waals surface area (Å²) in [5.74, 6) is 0.558. The Morgan fingerprint density at radius 1 is 1.24 bits per heavy atom. The number of hydrogen-bond donors (Lipinski definition) is 1. The van der Waals surface area contributed by atoms with Crippen molar-refractivity contribution >= 4 is 18.0 Å². The summed E-state index contributed by atoms with van der Waals surface area (Å²) in [4.78, 5) is 33.6. The monoisotopic (exact) mass is 350 g/mol. The van der Waals surface area contributed by atoms with Gasteiger partial charge < -0.3 is 19.7 Å². The van der Waals surface area contributed by atoms with Gasteiger partial charge in [0.1, 0.15) is 5.60 Å². The first kappa shape index (κ1) is 19.0. The Labute approximate surface area is 147 Å². The van der Waals surface area contributed by atoms with Gasteiger partial charge in [0.25, 0.3) is 0 Å². The molecule has 138 valence electrons. The number of carbonyl (C=O) groups excluding carboxylic acids is 2. The molecular weight excluding hydrogens is 324 g/mol. The molecule has 1 aliphatic rings. The van der Waals surface area contributed by atoms with E-state index in [1.807, 2.05) is 20.8 Å². The number of alkyl carbamates (subject to hydrolysis) is 1. The van der Waals surface area contributed by atoms with Crippen LogP contribution in [0.1, 0.15) is 44.0 Å². The third-order valence-electron chi connectivity index (χ3n) is 3.89. The lowest BCUT2D eigenvalue weighted by atomic mass is 9.97. The second kappa shape index (κ2) is 8.13. The van der Waals surface area contributed by atoms with E-state index in [9.17, 15) is 9.59 Å². The summed E-state index contributed by atoms with van der Waals surface area (Å²) < 4.78 is 9.88. The van der Waals surface area contributed by atoms with E-state index in [-0.39, 0.29) is 6.09 Å². The SMILES string of the molecule is COC(=O)c1cnc(N2CCC(CNC(=O)OC(C)(C)C)CC2)nc1. The molecule has 1 fully saturated rings. The number of aromatic nitrogens is 2. The summed E-state index contributed by atoms with van der Waals surface area (Å²) in [6.45, 7) is 7.74. The average molecular weight is 350 g/mol. The first-order chi connectivity index (χ1) is 11.8. The van der Waals surface area contributed by atoms with Gasteiger partial charge in [0, 0.05) is 32.0 Å². The van der Waals surface area contributed by atoms with Gasteiger partial charge >= 0.3 is 12.1 Å². The average Bonchev–Trinajstić information content (AvgIpc) is 2.58. The van der Waals surface area contributed by atoms with Gasteiger partial charge in [0.2, 0.25) is 5.95 Å². The Morgan fingerprint density at radius 3 is 2.36 bits per heavy atom. The van der Waals surface area contributed by atoms with E-state index >= 15 is 0 Å². The molecule has 0 atom stereocenters. The Bertz CT molecular complexity index is 590. The Hall–Kier alpha value is -2.38. The maximum absolute atomic E-state index is 11.7. The van der Waals surface area contributed by atoms with Gasteiger partial charge in [-0.25, -0.2) is 19.6 Å². The van der Waals surface area contributed by atoms with E-state index < -0.39 is 11.6 Å². The van der Waals surface area contributed by atoms with Gasteiger partial charge in [-0.05, 0) is 39.5 Å². The fraction of sp³-hybridized carbons (Fsp3) is 0.647. The molecule has 1 saturated heterocycles. The Balaban J connectivity index is 1.77. The standard InChI is InChI=1S/C17H26N4O4/c1-17(2,3)25-16(23)20-9-12-5-7-21(8-6-12)15-18-10-13(11-19-15)14(22)24-4/h10-12H,5-9H2,1-4H3,(H,20,23). The first-order valence-electron chi connectivity index (χ1n) is 8.40. The molecule has 1 N–H and O–H groups in total. The van der Waals surface area contributed by atoms with Crippen LogP contribution >= 0.6 is 0 Å². The van der Waals surface area contributed by atoms with Crippen molar-refractivity contribution in [2.24, 2.45) is 5.92 Å². The lowest BCUT2D eigenvalue weighted by Crippen LogP contribution is -2.40. The molecule has 0 saturated carbocycles. The summed E-state index contributed by atoms with van der Waals surface area (Å²) >= 11 is 0. The van der Waals surface area contributed by atoms with Gasteiger partial charge in [0.15, 0.2) is 0 Å². The Morgan fingerprint density at radius 2 is 1.84 bits per heavy atom. The topological polar surface area (TPSA) is 93.7 Å². The number of esters is 1. The summed E-state index contributed by atoms with van der Waals surface area (Å²) in [5, 5.41) is 2.83. The fourth-order valence-electron chi connectivity index (χ4n) is 2.59. The number of nitrogens with one attached hydrogen (secondary N) is 1. The zero-order valence-corrected chi connectivity index (χ0v) is 15.2. The van der Waals surface area contributed by atoms with Crippen LogP contribution in [0.2, 0.25) is 0 Å². The Kier molecular flexibility index (Phi) is 6.17. The molecule has 1 aromatic rings. The van der Waals surface area contributed by atoms with Crippen molar-refractivity contribution in [1.82, 2.24) is 15.3 Å². The number of hydrogen-bond acceptors (Lipinski definition) is 7. The molecule has 2 heterocycles. The van der Waals surface area contributed by atoms with E-state index in [1.54, 1.807) is 0 Å². The van der Waals surface area contributed by atoms with Crippen molar-refractivity contribution < 1.29 is 19.1 Å². The van der Waals surface area contributed by atoms with Crippen molar-refractivity contribution in [3.05, 3.63) is 18.0 Å². The largest absolute Gasteiger partial charge is 0.465 e. The molecule has 1 amide bonds. The molecule has 0 spiro atoms. The zero-order valence-electron chi connectivity index (χ0n) is 15.2. The zero-order chi connectivity index (χ0) is 18.4. The normalized spacial score (nSPS) is 15.6. The number of anilines is 1. The maximum Gasteiger partial charge on any atom is 0.407 e. The third-order valence-corrected chi connectivity index (χ3v) is 3.89. The highest BCUT2D eigenvalue weighted by atomic mass is 16.6. The van der Waals surface area contributed by atoms with E-state index in [0.29, 0.717) is 24.0 Å². The predicted octanol–water partition coefficient (Wildman–Crippen LogP) is 2.00. The van der Waals surface area contributed by atoms with Gasteiger partial charge in [0.05, 0.1) is 12.7 Å². The van der Waals surface area contributed by atoms with Crippen LogP contribution in [0.3, 0.4) is 0 Å². The number of piperidine rings is 1. The number of rotatable bonds is 4. The molecule has 0 aromatic carbocycles. The number of carbonyl (C=O) groups is 2. The molecule has 1 aromatic heterocycles. The lowest BCUT2D eigenvalue weighted by Gasteiger charge is -2.32. The molecule has 1 aliphatic heterocycles. The number of ether oxygens (including phenoxy) is 2. The molecule has 8 heteroatoms. The second-order valence-electron chi connectivity index (χ2n) is 7.08. The minimum atomic E-state index is -0.485. The highest BCUT2D eigenvalue weighted by Crippen LogP contribution is 2.20. The quantitative estimate of drug-likeness (QED) is 0.830. The van der Waals surface area contributed by atoms with Crippen LogP contribution in [-0.2, 0) is 9.47 Å². The van der Waals surface area contributed by atoms with Crippen LogP contribution in [0.15, 0.2) is 12.4 Å². The predicted molar refractivity (Wildman–Crippen MR) is 92.5 cm³/mol. The van der Waals surface area contributed by atoms with Gasteiger partial charge in [-0.3, -0.25) is 0 Å². The van der Waals surface area contributed by atoms with Crippen LogP contribution in [-0.4, -0.2) is 54.4 Å². The van der Waals surface area contributed by atoms with E-state index in [0.717, 1.165) is 25.9 Å². The van der Waals surface area contributed by atoms with Crippen LogP contribution in [0.4, 0.5) is 10.7 Å². The highest BCUT2D eigenvalue weighted by molar-refractivity contribution is 5.88. The minimum Gasteiger partial charge on any atom is -0.465 e. The van der Waals surface area contributed by atoms with Gasteiger partial charge in [-0.1, -0.05) is 0 Å². The van der Waals surface area contributed by atoms with Crippen molar-refractivity contribution in [2.75, 3.05) is 31.6 Å². The van der Waals surface area contributed by atoms with Crippen LogP contribution in [0, 0.1) is 5.92 Å². The molecule has 0 aliphatic carbocycles. The van der Waals surface area contributed by atoms with E-state index in [4.69, 9.17) is 4.74 Å². The third kappa shape index (κ3) is 5.88. The van der Waals surface area contributed by atoms with Crippen molar-refractivity contribution in [3.8, 4) is 0 Å². The van der Waals surface area contributed by atoms with Crippen LogP contribution in [0.25, 0.3) is 0 Å². The molecule has 25 heavy (non-hydrogen) atoms. The van der Waals surface area contributed by atoms with Gasteiger partial charge in [-0.15, -0.1) is 0 Å². The van der Waals surface area contributed by atoms with Crippen molar-refractivity contribution in [1.29, 1.82) is 0 Å². The molecule has 2 rings (SSSR count). The molecular formula is C17H26N4O4. The molecule has 8 nitrogen and oxygen atoms in total. The number of methoxy groups -OCH3 is 1. The summed E-state index contributed by atoms with van der Waals surface area (Å²) in [5.41, 5.74) is -0.149. The lowest BCUT2D eigenvalue weighted by molar-refractivity contribution is 0.0515. The van der Waals surface area contributed by atoms with Gasteiger partial charge in [-0.2, -0.15) is 0 Å². The summed E-state index contributed by atoms with van der Waals surface area (Å²) in [6.07, 6.45) is 4.43. The summed E-state index contributed by atoms with van der Waals surface area (Å²) in [7, 11) is 1.33. The molecule has 0 bridgehead atoms. The maximum atomic E-state index is 11.7. The molecule has 0 radical (unpaired) electrons. The first-order valence-corrected chi connectivity index (χ1v) is 8.40. The molecule has 0 unspecified atom stereocenters. The van der Waals surface area contributed by atoms with E-state index in [2.05, 4.69) is 24.9 Å². The number of nitrogens with zero attached hydrogens (tertiary/aromatic N) is 3. The van der Waals surface area contributed by atoms with Crippen molar-refractivity contribution in [2.45, 2.75) is 39.2 Å². The highest BCUT2D eigenvalue weighted by Gasteiger charge is 2.23. The van der Waals surface area contributed by atoms with E-state index in [1.165, 1.54) is 19.5 Å². The minimum absolute atomic E-state index is 0.336. The fourth-order valence-corrected chi connectivity index (χ4v) is 2.59. The second-order valence-corrected chi connectivity index (χ2v) is 7.08. The van der Waals surface area contributed by atoms with Crippen LogP contribution < -0.4 is 10.2 Å². The smallest absolute Gasteiger partial charge is 0.407 e. The number of amides is 1. The summed E-state index contributed by atoms with van der Waals surface area (Å²) in [6, 6.07) is 0. The van der Waals surface area contributed by atoms with Crippen molar-refractivity contribution in [3.63, 3.8) is 0 Å². The van der Waals surface area contributed by atoms with Crippen LogP contribution in [0.5, 0.6) is 0 Å².